The van der Waals surface area contributed by atoms with Crippen LogP contribution in [0.3, 0.4) is 0 Å². The SMILES string of the molecule is CCOC(CN1CCNCC12CCCCC2)OCC. The molecule has 0 amide bonds. The predicted octanol–water partition coefficient (Wildman–Crippen LogP) is 1.99. The first-order chi connectivity index (χ1) is 9.30. The van der Waals surface area contributed by atoms with E-state index in [2.05, 4.69) is 10.2 Å². The molecule has 1 saturated carbocycles. The number of piperazine rings is 1. The lowest BCUT2D eigenvalue weighted by Crippen LogP contribution is -2.63. The molecule has 0 bridgehead atoms. The summed E-state index contributed by atoms with van der Waals surface area (Å²) in [5.41, 5.74) is 0.364. The molecular weight excluding hydrogens is 240 g/mol. The van der Waals surface area contributed by atoms with Gasteiger partial charge in [0.15, 0.2) is 6.29 Å². The molecule has 19 heavy (non-hydrogen) atoms. The lowest BCUT2D eigenvalue weighted by atomic mass is 9.79. The molecule has 4 heteroatoms. The molecule has 4 nitrogen and oxygen atoms in total. The fraction of sp³-hybridized carbons (Fsp3) is 1.00. The molecule has 1 heterocycles. The summed E-state index contributed by atoms with van der Waals surface area (Å²) in [6.07, 6.45) is 6.72. The maximum Gasteiger partial charge on any atom is 0.170 e. The molecule has 0 radical (unpaired) electrons. The lowest BCUT2D eigenvalue weighted by molar-refractivity contribution is -0.161. The van der Waals surface area contributed by atoms with Gasteiger partial charge in [0.1, 0.15) is 0 Å². The van der Waals surface area contributed by atoms with Crippen LogP contribution in [-0.4, -0.2) is 56.1 Å². The van der Waals surface area contributed by atoms with Crippen molar-refractivity contribution in [2.24, 2.45) is 0 Å². The van der Waals surface area contributed by atoms with Crippen molar-refractivity contribution < 1.29 is 9.47 Å². The summed E-state index contributed by atoms with van der Waals surface area (Å²) in [6, 6.07) is 0. The van der Waals surface area contributed by atoms with E-state index in [4.69, 9.17) is 9.47 Å². The third-order valence-corrected chi connectivity index (χ3v) is 4.54. The Morgan fingerprint density at radius 3 is 2.42 bits per heavy atom. The van der Waals surface area contributed by atoms with Gasteiger partial charge in [0, 0.05) is 38.4 Å². The van der Waals surface area contributed by atoms with Crippen molar-refractivity contribution in [3.8, 4) is 0 Å². The van der Waals surface area contributed by atoms with Gasteiger partial charge in [-0.1, -0.05) is 19.3 Å². The van der Waals surface area contributed by atoms with Gasteiger partial charge in [-0.2, -0.15) is 0 Å². The summed E-state index contributed by atoms with van der Waals surface area (Å²) in [4.78, 5) is 2.64. The molecule has 1 N–H and O–H groups in total. The van der Waals surface area contributed by atoms with Gasteiger partial charge in [0.05, 0.1) is 6.54 Å². The topological polar surface area (TPSA) is 33.7 Å². The molecular formula is C15H30N2O2. The van der Waals surface area contributed by atoms with Gasteiger partial charge < -0.3 is 14.8 Å². The molecule has 0 aromatic heterocycles. The molecule has 0 aromatic carbocycles. The first kappa shape index (κ1) is 15.2. The molecule has 0 unspecified atom stereocenters. The van der Waals surface area contributed by atoms with Crippen LogP contribution in [0.1, 0.15) is 46.0 Å². The highest BCUT2D eigenvalue weighted by Crippen LogP contribution is 2.34. The molecule has 1 aliphatic heterocycles. The fourth-order valence-electron chi connectivity index (χ4n) is 3.58. The number of rotatable bonds is 6. The Balaban J connectivity index is 1.97. The van der Waals surface area contributed by atoms with Crippen LogP contribution in [0.25, 0.3) is 0 Å². The Kier molecular flexibility index (Phi) is 6.07. The maximum absolute atomic E-state index is 5.73. The zero-order chi connectivity index (χ0) is 13.6. The van der Waals surface area contributed by atoms with E-state index in [1.807, 2.05) is 13.8 Å². The van der Waals surface area contributed by atoms with Crippen LogP contribution in [-0.2, 0) is 9.47 Å². The van der Waals surface area contributed by atoms with E-state index < -0.39 is 0 Å². The van der Waals surface area contributed by atoms with E-state index in [9.17, 15) is 0 Å². The highest BCUT2D eigenvalue weighted by molar-refractivity contribution is 4.98. The van der Waals surface area contributed by atoms with E-state index in [1.165, 1.54) is 32.1 Å². The quantitative estimate of drug-likeness (QED) is 0.749. The van der Waals surface area contributed by atoms with Crippen molar-refractivity contribution >= 4 is 0 Å². The molecule has 2 aliphatic rings. The van der Waals surface area contributed by atoms with Crippen molar-refractivity contribution in [1.29, 1.82) is 0 Å². The zero-order valence-corrected chi connectivity index (χ0v) is 12.6. The molecule has 1 saturated heterocycles. The Bertz CT molecular complexity index is 240. The van der Waals surface area contributed by atoms with E-state index in [0.717, 1.165) is 39.4 Å². The first-order valence-corrected chi connectivity index (χ1v) is 8.00. The zero-order valence-electron chi connectivity index (χ0n) is 12.6. The summed E-state index contributed by atoms with van der Waals surface area (Å²) in [6.45, 7) is 9.80. The number of nitrogens with zero attached hydrogens (tertiary/aromatic N) is 1. The van der Waals surface area contributed by atoms with Gasteiger partial charge in [-0.25, -0.2) is 0 Å². The van der Waals surface area contributed by atoms with Gasteiger partial charge in [0.25, 0.3) is 0 Å². The van der Waals surface area contributed by atoms with Crippen molar-refractivity contribution in [2.75, 3.05) is 39.4 Å². The van der Waals surface area contributed by atoms with Crippen LogP contribution < -0.4 is 5.32 Å². The maximum atomic E-state index is 5.73. The molecule has 112 valence electrons. The smallest absolute Gasteiger partial charge is 0.170 e. The summed E-state index contributed by atoms with van der Waals surface area (Å²) < 4.78 is 11.5. The van der Waals surface area contributed by atoms with Crippen molar-refractivity contribution in [3.63, 3.8) is 0 Å². The Morgan fingerprint density at radius 1 is 1.11 bits per heavy atom. The standard InChI is InChI=1S/C15H30N2O2/c1-3-18-14(19-4-2)12-17-11-10-16-13-15(17)8-6-5-7-9-15/h14,16H,3-13H2,1-2H3. The molecule has 1 spiro atoms. The second kappa shape index (κ2) is 7.58. The second-order valence-corrected chi connectivity index (χ2v) is 5.75. The van der Waals surface area contributed by atoms with Crippen LogP contribution in [0, 0.1) is 0 Å². The first-order valence-electron chi connectivity index (χ1n) is 8.00. The summed E-state index contributed by atoms with van der Waals surface area (Å²) in [5.74, 6) is 0. The van der Waals surface area contributed by atoms with Gasteiger partial charge in [-0.3, -0.25) is 4.90 Å². The Labute approximate surface area is 117 Å². The molecule has 0 atom stereocenters. The van der Waals surface area contributed by atoms with Crippen LogP contribution >= 0.6 is 0 Å². The third kappa shape index (κ3) is 3.91. The number of hydrogen-bond donors (Lipinski definition) is 1. The minimum absolute atomic E-state index is 0.0631. The van der Waals surface area contributed by atoms with Gasteiger partial charge in [0.2, 0.25) is 0 Å². The third-order valence-electron chi connectivity index (χ3n) is 4.54. The van der Waals surface area contributed by atoms with Gasteiger partial charge >= 0.3 is 0 Å². The lowest BCUT2D eigenvalue weighted by Gasteiger charge is -2.50. The van der Waals surface area contributed by atoms with Gasteiger partial charge in [-0.15, -0.1) is 0 Å². The highest BCUT2D eigenvalue weighted by atomic mass is 16.7. The van der Waals surface area contributed by atoms with E-state index in [0.29, 0.717) is 5.54 Å². The Hall–Kier alpha value is -0.160. The van der Waals surface area contributed by atoms with Crippen molar-refractivity contribution in [2.45, 2.75) is 57.8 Å². The summed E-state index contributed by atoms with van der Waals surface area (Å²) >= 11 is 0. The van der Waals surface area contributed by atoms with Crippen molar-refractivity contribution in [1.82, 2.24) is 10.2 Å². The minimum atomic E-state index is -0.0631. The average molecular weight is 270 g/mol. The molecule has 1 aliphatic carbocycles. The number of ether oxygens (including phenoxy) is 2. The van der Waals surface area contributed by atoms with E-state index in [1.54, 1.807) is 0 Å². The molecule has 2 rings (SSSR count). The second-order valence-electron chi connectivity index (χ2n) is 5.75. The van der Waals surface area contributed by atoms with E-state index in [-0.39, 0.29) is 6.29 Å². The largest absolute Gasteiger partial charge is 0.352 e. The number of hydrogen-bond acceptors (Lipinski definition) is 4. The van der Waals surface area contributed by atoms with Gasteiger partial charge in [-0.05, 0) is 26.7 Å². The molecule has 2 fully saturated rings. The van der Waals surface area contributed by atoms with Crippen LogP contribution in [0.2, 0.25) is 0 Å². The van der Waals surface area contributed by atoms with Crippen LogP contribution in [0.5, 0.6) is 0 Å². The fourth-order valence-corrected chi connectivity index (χ4v) is 3.58. The Morgan fingerprint density at radius 2 is 1.79 bits per heavy atom. The summed E-state index contributed by atoms with van der Waals surface area (Å²) in [7, 11) is 0. The molecule has 0 aromatic rings. The summed E-state index contributed by atoms with van der Waals surface area (Å²) in [5, 5.41) is 3.59. The number of nitrogens with one attached hydrogen (secondary N) is 1. The van der Waals surface area contributed by atoms with E-state index >= 15 is 0 Å². The van der Waals surface area contributed by atoms with Crippen LogP contribution in [0.4, 0.5) is 0 Å². The average Bonchev–Trinajstić information content (AvgIpc) is 2.43. The van der Waals surface area contributed by atoms with Crippen LogP contribution in [0.15, 0.2) is 0 Å². The van der Waals surface area contributed by atoms with Crippen molar-refractivity contribution in [3.05, 3.63) is 0 Å². The predicted molar refractivity (Wildman–Crippen MR) is 77.3 cm³/mol. The normalized spacial score (nSPS) is 24.2. The monoisotopic (exact) mass is 270 g/mol. The highest BCUT2D eigenvalue weighted by Gasteiger charge is 2.40. The minimum Gasteiger partial charge on any atom is -0.352 e.